The van der Waals surface area contributed by atoms with Gasteiger partial charge in [0.25, 0.3) is 0 Å². The van der Waals surface area contributed by atoms with E-state index in [-0.39, 0.29) is 11.8 Å². The lowest BCUT2D eigenvalue weighted by Crippen LogP contribution is -2.05. The lowest BCUT2D eigenvalue weighted by atomic mass is 10.1. The Morgan fingerprint density at radius 3 is 2.79 bits per heavy atom. The van der Waals surface area contributed by atoms with Crippen LogP contribution in [0.1, 0.15) is 48.3 Å². The third kappa shape index (κ3) is 2.78. The van der Waals surface area contributed by atoms with Gasteiger partial charge in [0, 0.05) is 12.3 Å². The van der Waals surface area contributed by atoms with Gasteiger partial charge in [0.05, 0.1) is 17.6 Å². The second-order valence-corrected chi connectivity index (χ2v) is 7.10. The number of fused-ring (bicyclic) bond motifs is 1. The van der Waals surface area contributed by atoms with Crippen LogP contribution in [0.3, 0.4) is 0 Å². The molecule has 0 radical (unpaired) electrons. The van der Waals surface area contributed by atoms with E-state index in [1.165, 1.54) is 6.07 Å². The van der Waals surface area contributed by atoms with Gasteiger partial charge in [0.1, 0.15) is 5.82 Å². The number of hydrogen-bond donors (Lipinski definition) is 0. The molecule has 0 bridgehead atoms. The zero-order valence-electron chi connectivity index (χ0n) is 15.3. The van der Waals surface area contributed by atoms with Gasteiger partial charge in [-0.1, -0.05) is 36.3 Å². The van der Waals surface area contributed by atoms with Crippen molar-refractivity contribution >= 4 is 11.0 Å². The predicted octanol–water partition coefficient (Wildman–Crippen LogP) is 4.58. The van der Waals surface area contributed by atoms with Crippen molar-refractivity contribution < 1.29 is 13.3 Å². The molecule has 2 aromatic carbocycles. The summed E-state index contributed by atoms with van der Waals surface area (Å²) in [6.45, 7) is 2.51. The first-order chi connectivity index (χ1) is 13.7. The van der Waals surface area contributed by atoms with Crippen molar-refractivity contribution in [3.05, 3.63) is 77.2 Å². The van der Waals surface area contributed by atoms with E-state index in [4.69, 9.17) is 4.52 Å². The molecule has 2 aromatic heterocycles. The summed E-state index contributed by atoms with van der Waals surface area (Å²) in [6.07, 6.45) is 1.47. The Kier molecular flexibility index (Phi) is 3.96. The van der Waals surface area contributed by atoms with Gasteiger partial charge in [-0.05, 0) is 36.1 Å². The van der Waals surface area contributed by atoms with Crippen LogP contribution in [0, 0.1) is 11.6 Å². The third-order valence-corrected chi connectivity index (χ3v) is 5.32. The normalized spacial score (nSPS) is 18.7. The molecular weight excluding hydrogens is 362 g/mol. The van der Waals surface area contributed by atoms with Crippen LogP contribution < -0.4 is 0 Å². The van der Waals surface area contributed by atoms with Crippen molar-refractivity contribution in [2.24, 2.45) is 0 Å². The number of halogens is 2. The Morgan fingerprint density at radius 2 is 1.93 bits per heavy atom. The summed E-state index contributed by atoms with van der Waals surface area (Å²) in [4.78, 5) is 9.17. The third-order valence-electron chi connectivity index (χ3n) is 5.32. The van der Waals surface area contributed by atoms with E-state index in [9.17, 15) is 8.78 Å². The van der Waals surface area contributed by atoms with E-state index in [1.807, 2.05) is 24.3 Å². The minimum Gasteiger partial charge on any atom is -0.339 e. The SMILES string of the molecule is CCc1nc2ccccc2n1Cc1noc(C2CC2c2cccc(F)c2F)n1. The molecule has 5 rings (SSSR count). The number of aromatic nitrogens is 4. The highest BCUT2D eigenvalue weighted by molar-refractivity contribution is 5.76. The minimum absolute atomic E-state index is 0.0669. The van der Waals surface area contributed by atoms with Crippen LogP contribution in [-0.4, -0.2) is 19.7 Å². The Morgan fingerprint density at radius 1 is 1.07 bits per heavy atom. The van der Waals surface area contributed by atoms with Gasteiger partial charge in [-0.25, -0.2) is 13.8 Å². The molecule has 142 valence electrons. The van der Waals surface area contributed by atoms with Crippen LogP contribution in [0.5, 0.6) is 0 Å². The summed E-state index contributed by atoms with van der Waals surface area (Å²) in [5.74, 6) is 0.190. The summed E-state index contributed by atoms with van der Waals surface area (Å²) in [5.41, 5.74) is 2.34. The summed E-state index contributed by atoms with van der Waals surface area (Å²) in [7, 11) is 0. The molecule has 2 unspecified atom stereocenters. The van der Waals surface area contributed by atoms with Gasteiger partial charge < -0.3 is 9.09 Å². The summed E-state index contributed by atoms with van der Waals surface area (Å²) in [5, 5.41) is 4.10. The zero-order valence-corrected chi connectivity index (χ0v) is 15.3. The average Bonchev–Trinajstić information content (AvgIpc) is 3.22. The molecule has 2 heterocycles. The number of nitrogens with zero attached hydrogens (tertiary/aromatic N) is 4. The lowest BCUT2D eigenvalue weighted by molar-refractivity contribution is 0.371. The van der Waals surface area contributed by atoms with E-state index in [0.29, 0.717) is 30.2 Å². The highest BCUT2D eigenvalue weighted by Gasteiger charge is 2.45. The molecule has 5 nitrogen and oxygen atoms in total. The van der Waals surface area contributed by atoms with E-state index < -0.39 is 11.6 Å². The van der Waals surface area contributed by atoms with Crippen LogP contribution in [0.4, 0.5) is 8.78 Å². The number of hydrogen-bond acceptors (Lipinski definition) is 4. The number of aryl methyl sites for hydroxylation is 1. The fourth-order valence-electron chi connectivity index (χ4n) is 3.81. The second-order valence-electron chi connectivity index (χ2n) is 7.10. The van der Waals surface area contributed by atoms with Gasteiger partial charge in [-0.2, -0.15) is 4.98 Å². The highest BCUT2D eigenvalue weighted by atomic mass is 19.2. The molecule has 0 amide bonds. The van der Waals surface area contributed by atoms with Crippen LogP contribution in [0.25, 0.3) is 11.0 Å². The molecule has 1 aliphatic rings. The Hall–Kier alpha value is -3.09. The summed E-state index contributed by atoms with van der Waals surface area (Å²) < 4.78 is 35.0. The van der Waals surface area contributed by atoms with Gasteiger partial charge in [0.2, 0.25) is 5.89 Å². The highest BCUT2D eigenvalue weighted by Crippen LogP contribution is 2.54. The fraction of sp³-hybridized carbons (Fsp3) is 0.286. The van der Waals surface area contributed by atoms with Crippen molar-refractivity contribution in [1.29, 1.82) is 0 Å². The molecule has 0 spiro atoms. The van der Waals surface area contributed by atoms with Crippen molar-refractivity contribution in [3.8, 4) is 0 Å². The second kappa shape index (κ2) is 6.51. The number of rotatable bonds is 5. The first-order valence-electron chi connectivity index (χ1n) is 9.36. The van der Waals surface area contributed by atoms with Crippen LogP contribution in [-0.2, 0) is 13.0 Å². The van der Waals surface area contributed by atoms with E-state index in [0.717, 1.165) is 29.3 Å². The van der Waals surface area contributed by atoms with Crippen LogP contribution >= 0.6 is 0 Å². The number of para-hydroxylation sites is 2. The first-order valence-corrected chi connectivity index (χ1v) is 9.36. The maximum atomic E-state index is 14.0. The molecular formula is C21H18F2N4O. The van der Waals surface area contributed by atoms with Gasteiger partial charge >= 0.3 is 0 Å². The van der Waals surface area contributed by atoms with Crippen LogP contribution in [0.15, 0.2) is 47.0 Å². The van der Waals surface area contributed by atoms with E-state index in [1.54, 1.807) is 6.07 Å². The van der Waals surface area contributed by atoms with Gasteiger partial charge in [0.15, 0.2) is 17.5 Å². The topological polar surface area (TPSA) is 56.7 Å². The van der Waals surface area contributed by atoms with Gasteiger partial charge in [-0.3, -0.25) is 0 Å². The largest absolute Gasteiger partial charge is 0.339 e. The fourth-order valence-corrected chi connectivity index (χ4v) is 3.81. The Bertz CT molecular complexity index is 1170. The number of benzene rings is 2. The quantitative estimate of drug-likeness (QED) is 0.509. The molecule has 1 aliphatic carbocycles. The van der Waals surface area contributed by atoms with Crippen molar-refractivity contribution in [2.45, 2.75) is 38.1 Å². The molecule has 0 saturated heterocycles. The van der Waals surface area contributed by atoms with Crippen molar-refractivity contribution in [1.82, 2.24) is 19.7 Å². The molecule has 1 fully saturated rings. The molecule has 0 aliphatic heterocycles. The monoisotopic (exact) mass is 380 g/mol. The molecule has 0 N–H and O–H groups in total. The minimum atomic E-state index is -0.826. The molecule has 1 saturated carbocycles. The lowest BCUT2D eigenvalue weighted by Gasteiger charge is -2.04. The molecule has 28 heavy (non-hydrogen) atoms. The molecule has 4 aromatic rings. The number of imidazole rings is 1. The Labute approximate surface area is 160 Å². The predicted molar refractivity (Wildman–Crippen MR) is 99.0 cm³/mol. The Balaban J connectivity index is 1.39. The van der Waals surface area contributed by atoms with Crippen LogP contribution in [0.2, 0.25) is 0 Å². The average molecular weight is 380 g/mol. The van der Waals surface area contributed by atoms with E-state index in [2.05, 4.69) is 26.6 Å². The van der Waals surface area contributed by atoms with Crippen molar-refractivity contribution in [3.63, 3.8) is 0 Å². The summed E-state index contributed by atoms with van der Waals surface area (Å²) in [6, 6.07) is 12.2. The first kappa shape index (κ1) is 17.0. The smallest absolute Gasteiger partial charge is 0.230 e. The molecule has 2 atom stereocenters. The maximum absolute atomic E-state index is 14.0. The summed E-state index contributed by atoms with van der Waals surface area (Å²) >= 11 is 0. The maximum Gasteiger partial charge on any atom is 0.230 e. The zero-order chi connectivity index (χ0) is 19.3. The van der Waals surface area contributed by atoms with E-state index >= 15 is 0 Å². The standard InChI is InChI=1S/C21H18F2N4O/c1-2-19-24-16-8-3-4-9-17(16)27(19)11-18-25-21(28-26-18)14-10-13(14)12-6-5-7-15(22)20(12)23/h3-9,13-14H,2,10-11H2,1H3. The van der Waals surface area contributed by atoms with Crippen molar-refractivity contribution in [2.75, 3.05) is 0 Å². The van der Waals surface area contributed by atoms with Gasteiger partial charge in [-0.15, -0.1) is 0 Å². The molecule has 7 heteroatoms.